The van der Waals surface area contributed by atoms with Crippen LogP contribution in [0.2, 0.25) is 0 Å². The molecule has 0 aromatic heterocycles. The van der Waals surface area contributed by atoms with Crippen LogP contribution in [-0.4, -0.2) is 30.7 Å². The van der Waals surface area contributed by atoms with Crippen molar-refractivity contribution in [2.75, 3.05) is 7.11 Å². The molecular formula is C31H31BrN2O4. The van der Waals surface area contributed by atoms with Gasteiger partial charge in [0.1, 0.15) is 23.3 Å². The fourth-order valence-electron chi connectivity index (χ4n) is 4.08. The van der Waals surface area contributed by atoms with Crippen molar-refractivity contribution >= 4 is 33.5 Å². The Hall–Kier alpha value is -3.71. The first-order valence-electron chi connectivity index (χ1n) is 12.4. The second-order valence-electron chi connectivity index (χ2n) is 10.3. The fraction of sp³-hybridized carbons (Fsp3) is 0.258. The quantitative estimate of drug-likeness (QED) is 0.403. The van der Waals surface area contributed by atoms with Crippen LogP contribution in [0.4, 0.5) is 0 Å². The van der Waals surface area contributed by atoms with Gasteiger partial charge in [-0.2, -0.15) is 0 Å². The summed E-state index contributed by atoms with van der Waals surface area (Å²) in [5.41, 5.74) is 4.24. The van der Waals surface area contributed by atoms with Gasteiger partial charge in [-0.1, -0.05) is 67.0 Å². The number of amides is 1. The number of nitrogens with zero attached hydrogens (tertiary/aromatic N) is 1. The third-order valence-electron chi connectivity index (χ3n) is 6.22. The molecule has 6 nitrogen and oxygen atoms in total. The van der Waals surface area contributed by atoms with Crippen molar-refractivity contribution in [3.63, 3.8) is 0 Å². The molecule has 38 heavy (non-hydrogen) atoms. The number of carbonyl (C=O) groups is 2. The second kappa shape index (κ2) is 11.8. The minimum absolute atomic E-state index is 0.0739. The summed E-state index contributed by atoms with van der Waals surface area (Å²) in [6, 6.07) is 14.8. The minimum Gasteiger partial charge on any atom is -0.467 e. The molecule has 0 spiro atoms. The van der Waals surface area contributed by atoms with E-state index in [9.17, 15) is 9.59 Å². The van der Waals surface area contributed by atoms with Gasteiger partial charge in [0.05, 0.1) is 7.11 Å². The van der Waals surface area contributed by atoms with Crippen molar-refractivity contribution in [3.05, 3.63) is 112 Å². The predicted octanol–water partition coefficient (Wildman–Crippen LogP) is 6.13. The number of nitrogens with one attached hydrogen (secondary N) is 1. The van der Waals surface area contributed by atoms with Gasteiger partial charge in [-0.25, -0.2) is 4.79 Å². The van der Waals surface area contributed by atoms with E-state index in [0.717, 1.165) is 26.9 Å². The van der Waals surface area contributed by atoms with Gasteiger partial charge in [-0.3, -0.25) is 9.79 Å². The van der Waals surface area contributed by atoms with Crippen molar-refractivity contribution in [2.24, 2.45) is 4.99 Å². The lowest BCUT2D eigenvalue weighted by molar-refractivity contribution is -0.144. The maximum atomic E-state index is 13.1. The van der Waals surface area contributed by atoms with E-state index in [4.69, 9.17) is 9.47 Å². The van der Waals surface area contributed by atoms with E-state index in [1.165, 1.54) is 12.7 Å². The standard InChI is InChI=1S/C31H31BrN2O4/c1-31(2,3)23-8-13-25(14-9-23)38-26-12-7-21-15-22(16-26)19-33-27(18-21)29(35)34-28(30(36)37-4)17-20-5-10-24(32)11-6-20/h5-14,16,18-19,28H,15,17H2,1-4H3,(H,34,35). The molecule has 4 rings (SSSR count). The van der Waals surface area contributed by atoms with E-state index in [1.54, 1.807) is 12.3 Å². The Kier molecular flexibility index (Phi) is 8.47. The van der Waals surface area contributed by atoms with E-state index >= 15 is 0 Å². The van der Waals surface area contributed by atoms with Crippen molar-refractivity contribution < 1.29 is 19.1 Å². The number of halogens is 1. The molecule has 2 aliphatic rings. The molecular weight excluding hydrogens is 544 g/mol. The Morgan fingerprint density at radius 2 is 1.71 bits per heavy atom. The summed E-state index contributed by atoms with van der Waals surface area (Å²) >= 11 is 3.40. The van der Waals surface area contributed by atoms with Crippen LogP contribution in [0.1, 0.15) is 38.3 Å². The maximum Gasteiger partial charge on any atom is 0.328 e. The molecule has 196 valence electrons. The van der Waals surface area contributed by atoms with Gasteiger partial charge in [-0.05, 0) is 76.6 Å². The molecule has 0 saturated carbocycles. The molecule has 0 radical (unpaired) electrons. The molecule has 2 aromatic carbocycles. The Bertz CT molecular complexity index is 1360. The first-order chi connectivity index (χ1) is 18.1. The van der Waals surface area contributed by atoms with Gasteiger partial charge in [-0.15, -0.1) is 0 Å². The third-order valence-corrected chi connectivity index (χ3v) is 6.75. The highest BCUT2D eigenvalue weighted by Gasteiger charge is 2.24. The summed E-state index contributed by atoms with van der Waals surface area (Å²) in [5, 5.41) is 2.79. The molecule has 1 aliphatic heterocycles. The maximum absolute atomic E-state index is 13.1. The molecule has 2 aromatic rings. The number of rotatable bonds is 7. The molecule has 1 unspecified atom stereocenters. The Morgan fingerprint density at radius 1 is 1.00 bits per heavy atom. The Balaban J connectivity index is 1.48. The number of hydrogen-bond donors (Lipinski definition) is 1. The number of fused-ring (bicyclic) bond motifs is 2. The van der Waals surface area contributed by atoms with Gasteiger partial charge < -0.3 is 14.8 Å². The normalized spacial score (nSPS) is 15.6. The lowest BCUT2D eigenvalue weighted by Gasteiger charge is -2.19. The van der Waals surface area contributed by atoms with Gasteiger partial charge in [0.15, 0.2) is 0 Å². The first kappa shape index (κ1) is 27.3. The second-order valence-corrected chi connectivity index (χ2v) is 11.2. The van der Waals surface area contributed by atoms with E-state index in [0.29, 0.717) is 18.6 Å². The number of allylic oxidation sites excluding steroid dienone is 5. The molecule has 1 aliphatic carbocycles. The van der Waals surface area contributed by atoms with E-state index < -0.39 is 17.9 Å². The number of aliphatic imine (C=N–C) groups is 1. The third kappa shape index (κ3) is 7.19. The summed E-state index contributed by atoms with van der Waals surface area (Å²) < 4.78 is 12.0. The highest BCUT2D eigenvalue weighted by molar-refractivity contribution is 9.10. The number of hydrogen-bond acceptors (Lipinski definition) is 5. The topological polar surface area (TPSA) is 77.0 Å². The largest absolute Gasteiger partial charge is 0.467 e. The highest BCUT2D eigenvalue weighted by Crippen LogP contribution is 2.28. The molecule has 7 heteroatoms. The number of ether oxygens (including phenoxy) is 2. The lowest BCUT2D eigenvalue weighted by Crippen LogP contribution is -2.45. The van der Waals surface area contributed by atoms with Gasteiger partial charge in [0.25, 0.3) is 5.91 Å². The average Bonchev–Trinajstić information content (AvgIpc) is 3.21. The summed E-state index contributed by atoms with van der Waals surface area (Å²) in [5.74, 6) is 0.477. The molecule has 1 N–H and O–H groups in total. The molecule has 1 heterocycles. The van der Waals surface area contributed by atoms with E-state index in [-0.39, 0.29) is 11.1 Å². The van der Waals surface area contributed by atoms with Crippen LogP contribution >= 0.6 is 15.9 Å². The summed E-state index contributed by atoms with van der Waals surface area (Å²) in [4.78, 5) is 29.9. The summed E-state index contributed by atoms with van der Waals surface area (Å²) in [6.45, 7) is 6.53. The van der Waals surface area contributed by atoms with Crippen molar-refractivity contribution in [2.45, 2.75) is 45.1 Å². The van der Waals surface area contributed by atoms with Gasteiger partial charge >= 0.3 is 5.97 Å². The molecule has 2 bridgehead atoms. The molecule has 0 saturated heterocycles. The number of esters is 1. The zero-order chi connectivity index (χ0) is 27.3. The fourth-order valence-corrected chi connectivity index (χ4v) is 4.35. The number of carbonyl (C=O) groups excluding carboxylic acids is 2. The van der Waals surface area contributed by atoms with Crippen LogP contribution in [0.15, 0.2) is 105 Å². The Labute approximate surface area is 232 Å². The van der Waals surface area contributed by atoms with Crippen LogP contribution in [0.25, 0.3) is 0 Å². The highest BCUT2D eigenvalue weighted by atomic mass is 79.9. The first-order valence-corrected chi connectivity index (χ1v) is 13.2. The summed E-state index contributed by atoms with van der Waals surface area (Å²) in [6.07, 6.45) is 10.0. The lowest BCUT2D eigenvalue weighted by atomic mass is 9.87. The number of benzene rings is 2. The average molecular weight is 576 g/mol. The smallest absolute Gasteiger partial charge is 0.328 e. The van der Waals surface area contributed by atoms with Crippen molar-refractivity contribution in [1.29, 1.82) is 0 Å². The van der Waals surface area contributed by atoms with Crippen LogP contribution < -0.4 is 10.1 Å². The number of methoxy groups -OCH3 is 1. The van der Waals surface area contributed by atoms with E-state index in [2.05, 4.69) is 59.1 Å². The van der Waals surface area contributed by atoms with Crippen molar-refractivity contribution in [3.8, 4) is 5.75 Å². The van der Waals surface area contributed by atoms with Crippen molar-refractivity contribution in [1.82, 2.24) is 5.32 Å². The summed E-state index contributed by atoms with van der Waals surface area (Å²) in [7, 11) is 1.31. The molecule has 1 amide bonds. The van der Waals surface area contributed by atoms with Crippen LogP contribution in [0, 0.1) is 0 Å². The van der Waals surface area contributed by atoms with Crippen LogP contribution in [0.3, 0.4) is 0 Å². The zero-order valence-corrected chi connectivity index (χ0v) is 23.5. The van der Waals surface area contributed by atoms with E-state index in [1.807, 2.05) is 54.6 Å². The molecule has 0 fully saturated rings. The minimum atomic E-state index is -0.840. The van der Waals surface area contributed by atoms with Gasteiger partial charge in [0, 0.05) is 17.1 Å². The van der Waals surface area contributed by atoms with Crippen LogP contribution in [-0.2, 0) is 26.2 Å². The SMILES string of the molecule is COC(=O)C(Cc1ccc(Br)cc1)NC(=O)C1=NC=C2C=C(Oc3ccc(C(C)(C)C)cc3)C=CC(=C1)C2. The Morgan fingerprint density at radius 3 is 2.37 bits per heavy atom. The van der Waals surface area contributed by atoms with Gasteiger partial charge in [0.2, 0.25) is 0 Å². The zero-order valence-electron chi connectivity index (χ0n) is 22.0. The van der Waals surface area contributed by atoms with Crippen LogP contribution in [0.5, 0.6) is 5.75 Å². The predicted molar refractivity (Wildman–Crippen MR) is 153 cm³/mol. The molecule has 1 atom stereocenters. The monoisotopic (exact) mass is 574 g/mol.